The molecular formula is C12H17BrO. The predicted molar refractivity (Wildman–Crippen MR) is 64.4 cm³/mol. The van der Waals surface area contributed by atoms with Crippen molar-refractivity contribution in [2.45, 2.75) is 26.2 Å². The summed E-state index contributed by atoms with van der Waals surface area (Å²) in [7, 11) is 0. The number of rotatable bonds is 4. The van der Waals surface area contributed by atoms with Gasteiger partial charge in [0.15, 0.2) is 0 Å². The fourth-order valence-electron chi connectivity index (χ4n) is 1.25. The van der Waals surface area contributed by atoms with E-state index >= 15 is 0 Å². The lowest BCUT2D eigenvalue weighted by Gasteiger charge is -2.22. The van der Waals surface area contributed by atoms with E-state index in [4.69, 9.17) is 4.74 Å². The molecule has 0 aliphatic rings. The first-order valence-corrected chi connectivity index (χ1v) is 6.01. The largest absolute Gasteiger partial charge is 0.494 e. The van der Waals surface area contributed by atoms with E-state index in [0.29, 0.717) is 0 Å². The first-order chi connectivity index (χ1) is 6.60. The van der Waals surface area contributed by atoms with Crippen molar-refractivity contribution in [1.82, 2.24) is 0 Å². The summed E-state index contributed by atoms with van der Waals surface area (Å²) in [5.41, 5.74) is 1.52. The van der Waals surface area contributed by atoms with Gasteiger partial charge in [-0.3, -0.25) is 0 Å². The van der Waals surface area contributed by atoms with Gasteiger partial charge in [0.25, 0.3) is 0 Å². The molecule has 0 N–H and O–H groups in total. The summed E-state index contributed by atoms with van der Waals surface area (Å²) in [6.07, 6.45) is 0. The van der Waals surface area contributed by atoms with Crippen molar-refractivity contribution >= 4 is 15.9 Å². The van der Waals surface area contributed by atoms with Gasteiger partial charge in [-0.25, -0.2) is 0 Å². The molecule has 0 saturated heterocycles. The molecule has 1 aromatic carbocycles. The highest BCUT2D eigenvalue weighted by Gasteiger charge is 2.18. The quantitative estimate of drug-likeness (QED) is 0.746. The summed E-state index contributed by atoms with van der Waals surface area (Å²) in [6.45, 7) is 7.16. The van der Waals surface area contributed by atoms with Crippen molar-refractivity contribution in [3.8, 4) is 5.75 Å². The topological polar surface area (TPSA) is 9.23 Å². The smallest absolute Gasteiger partial charge is 0.119 e. The van der Waals surface area contributed by atoms with E-state index in [0.717, 1.165) is 17.7 Å². The monoisotopic (exact) mass is 256 g/mol. The Labute approximate surface area is 94.6 Å². The van der Waals surface area contributed by atoms with Gasteiger partial charge in [0, 0.05) is 5.33 Å². The maximum absolute atomic E-state index is 5.40. The van der Waals surface area contributed by atoms with Gasteiger partial charge in [-0.1, -0.05) is 41.9 Å². The van der Waals surface area contributed by atoms with Crippen molar-refractivity contribution in [1.29, 1.82) is 0 Å². The van der Waals surface area contributed by atoms with Crippen LogP contribution in [0, 0.1) is 0 Å². The molecule has 0 aliphatic heterocycles. The summed E-state index contributed by atoms with van der Waals surface area (Å²) in [4.78, 5) is 0. The first kappa shape index (κ1) is 11.6. The lowest BCUT2D eigenvalue weighted by molar-refractivity contribution is 0.340. The minimum atomic E-state index is 0.185. The first-order valence-electron chi connectivity index (χ1n) is 4.89. The Bertz CT molecular complexity index is 277. The fourth-order valence-corrected chi connectivity index (χ4v) is 1.57. The van der Waals surface area contributed by atoms with E-state index in [9.17, 15) is 0 Å². The highest BCUT2D eigenvalue weighted by atomic mass is 79.9. The summed E-state index contributed by atoms with van der Waals surface area (Å²) in [5, 5.41) is 0.966. The zero-order valence-corrected chi connectivity index (χ0v) is 10.6. The Hall–Kier alpha value is -0.500. The third-order valence-corrected chi connectivity index (χ3v) is 3.68. The van der Waals surface area contributed by atoms with E-state index in [1.54, 1.807) is 0 Å². The average Bonchev–Trinajstić information content (AvgIpc) is 2.19. The Morgan fingerprint density at radius 1 is 1.21 bits per heavy atom. The highest BCUT2D eigenvalue weighted by Crippen LogP contribution is 2.26. The number of hydrogen-bond donors (Lipinski definition) is 0. The molecular weight excluding hydrogens is 240 g/mol. The normalized spacial score (nSPS) is 11.4. The minimum Gasteiger partial charge on any atom is -0.494 e. The van der Waals surface area contributed by atoms with Gasteiger partial charge >= 0.3 is 0 Å². The number of ether oxygens (including phenoxy) is 1. The molecule has 14 heavy (non-hydrogen) atoms. The van der Waals surface area contributed by atoms with Crippen molar-refractivity contribution in [2.75, 3.05) is 11.9 Å². The summed E-state index contributed by atoms with van der Waals surface area (Å²) < 4.78 is 5.40. The number of halogens is 1. The van der Waals surface area contributed by atoms with E-state index in [2.05, 4.69) is 41.9 Å². The fraction of sp³-hybridized carbons (Fsp3) is 0.500. The summed E-state index contributed by atoms with van der Waals surface area (Å²) >= 11 is 3.53. The van der Waals surface area contributed by atoms with Crippen LogP contribution in [0.2, 0.25) is 0 Å². The second kappa shape index (κ2) is 4.83. The van der Waals surface area contributed by atoms with E-state index in [-0.39, 0.29) is 5.41 Å². The summed E-state index contributed by atoms with van der Waals surface area (Å²) in [5.74, 6) is 0.946. The molecule has 0 spiro atoms. The van der Waals surface area contributed by atoms with E-state index in [1.807, 2.05) is 19.1 Å². The lowest BCUT2D eigenvalue weighted by Crippen LogP contribution is -2.18. The molecule has 1 aromatic rings. The maximum Gasteiger partial charge on any atom is 0.119 e. The third-order valence-electron chi connectivity index (χ3n) is 2.28. The maximum atomic E-state index is 5.40. The third kappa shape index (κ3) is 2.74. The molecule has 78 valence electrons. The van der Waals surface area contributed by atoms with Crippen molar-refractivity contribution in [3.05, 3.63) is 29.8 Å². The number of alkyl halides is 1. The van der Waals surface area contributed by atoms with Crippen LogP contribution in [0.5, 0.6) is 5.75 Å². The Morgan fingerprint density at radius 2 is 1.79 bits per heavy atom. The van der Waals surface area contributed by atoms with E-state index in [1.165, 1.54) is 5.56 Å². The zero-order valence-electron chi connectivity index (χ0n) is 9.01. The van der Waals surface area contributed by atoms with E-state index < -0.39 is 0 Å². The van der Waals surface area contributed by atoms with Crippen LogP contribution in [0.3, 0.4) is 0 Å². The van der Waals surface area contributed by atoms with Crippen LogP contribution in [0.1, 0.15) is 26.3 Å². The van der Waals surface area contributed by atoms with Crippen molar-refractivity contribution in [2.24, 2.45) is 0 Å². The van der Waals surface area contributed by atoms with Gasteiger partial charge in [-0.15, -0.1) is 0 Å². The molecule has 1 rings (SSSR count). The van der Waals surface area contributed by atoms with Crippen LogP contribution >= 0.6 is 15.9 Å². The standard InChI is InChI=1S/C12H17BrO/c1-4-14-11-7-5-10(6-8-11)12(2,3)9-13/h5-8H,4,9H2,1-3H3. The van der Waals surface area contributed by atoms with Crippen LogP contribution in [-0.4, -0.2) is 11.9 Å². The van der Waals surface area contributed by atoms with Gasteiger partial charge in [0.1, 0.15) is 5.75 Å². The Kier molecular flexibility index (Phi) is 3.99. The van der Waals surface area contributed by atoms with Crippen molar-refractivity contribution in [3.63, 3.8) is 0 Å². The van der Waals surface area contributed by atoms with Gasteiger partial charge in [0.05, 0.1) is 6.61 Å². The molecule has 2 heteroatoms. The highest BCUT2D eigenvalue weighted by molar-refractivity contribution is 9.09. The van der Waals surface area contributed by atoms with Crippen LogP contribution in [0.25, 0.3) is 0 Å². The van der Waals surface area contributed by atoms with Gasteiger partial charge in [-0.05, 0) is 30.0 Å². The molecule has 0 aromatic heterocycles. The molecule has 0 radical (unpaired) electrons. The van der Waals surface area contributed by atoms with Crippen LogP contribution in [-0.2, 0) is 5.41 Å². The zero-order chi connectivity index (χ0) is 10.6. The second-order valence-electron chi connectivity index (χ2n) is 3.97. The van der Waals surface area contributed by atoms with Crippen LogP contribution < -0.4 is 4.74 Å². The van der Waals surface area contributed by atoms with Crippen LogP contribution in [0.4, 0.5) is 0 Å². The van der Waals surface area contributed by atoms with Crippen molar-refractivity contribution < 1.29 is 4.74 Å². The second-order valence-corrected chi connectivity index (χ2v) is 4.54. The molecule has 1 nitrogen and oxygen atoms in total. The average molecular weight is 257 g/mol. The van der Waals surface area contributed by atoms with Gasteiger partial charge in [0.2, 0.25) is 0 Å². The predicted octanol–water partition coefficient (Wildman–Crippen LogP) is 3.76. The lowest BCUT2D eigenvalue weighted by atomic mass is 9.87. The SMILES string of the molecule is CCOc1ccc(C(C)(C)CBr)cc1. The molecule has 0 saturated carbocycles. The molecule has 0 unspecified atom stereocenters. The Balaban J connectivity index is 2.82. The molecule has 0 amide bonds. The van der Waals surface area contributed by atoms with Crippen LogP contribution in [0.15, 0.2) is 24.3 Å². The molecule has 0 heterocycles. The molecule has 0 fully saturated rings. The minimum absolute atomic E-state index is 0.185. The summed E-state index contributed by atoms with van der Waals surface area (Å²) in [6, 6.07) is 8.32. The number of benzene rings is 1. The van der Waals surface area contributed by atoms with Gasteiger partial charge in [-0.2, -0.15) is 0 Å². The molecule has 0 bridgehead atoms. The molecule has 0 atom stereocenters. The van der Waals surface area contributed by atoms with Gasteiger partial charge < -0.3 is 4.74 Å². The molecule has 0 aliphatic carbocycles. The number of hydrogen-bond acceptors (Lipinski definition) is 1. The Morgan fingerprint density at radius 3 is 2.21 bits per heavy atom.